The van der Waals surface area contributed by atoms with Crippen molar-refractivity contribution in [2.24, 2.45) is 0 Å². The van der Waals surface area contributed by atoms with Gasteiger partial charge in [-0.05, 0) is 18.2 Å². The lowest BCUT2D eigenvalue weighted by Gasteiger charge is -2.05. The van der Waals surface area contributed by atoms with E-state index in [-0.39, 0.29) is 5.56 Å². The van der Waals surface area contributed by atoms with Crippen LogP contribution in [0.15, 0.2) is 70.6 Å². The van der Waals surface area contributed by atoms with Crippen molar-refractivity contribution in [2.75, 3.05) is 0 Å². The normalized spacial score (nSPS) is 10.8. The summed E-state index contributed by atoms with van der Waals surface area (Å²) in [5.41, 5.74) is 2.06. The van der Waals surface area contributed by atoms with Crippen LogP contribution in [0, 0.1) is 0 Å². The van der Waals surface area contributed by atoms with E-state index in [2.05, 4.69) is 20.1 Å². The predicted molar refractivity (Wildman–Crippen MR) is 95.6 cm³/mol. The summed E-state index contributed by atoms with van der Waals surface area (Å²) in [5.74, 6) is 0.745. The third-order valence-corrected chi connectivity index (χ3v) is 3.94. The molecule has 0 atom stereocenters. The topological polar surface area (TPSA) is 86.7 Å². The van der Waals surface area contributed by atoms with Crippen molar-refractivity contribution < 1.29 is 4.52 Å². The quantitative estimate of drug-likeness (QED) is 0.552. The van der Waals surface area contributed by atoms with Crippen LogP contribution in [0.25, 0.3) is 22.8 Å². The Morgan fingerprint density at radius 2 is 1.92 bits per heavy atom. The van der Waals surface area contributed by atoms with Crippen molar-refractivity contribution in [3.05, 3.63) is 82.3 Å². The van der Waals surface area contributed by atoms with E-state index in [1.807, 2.05) is 12.1 Å². The van der Waals surface area contributed by atoms with Crippen molar-refractivity contribution >= 4 is 11.6 Å². The van der Waals surface area contributed by atoms with E-state index >= 15 is 0 Å². The lowest BCUT2D eigenvalue weighted by molar-refractivity contribution is 0.432. The molecule has 26 heavy (non-hydrogen) atoms. The molecule has 3 heterocycles. The largest absolute Gasteiger partial charge is 0.334 e. The summed E-state index contributed by atoms with van der Waals surface area (Å²) >= 11 is 6.00. The van der Waals surface area contributed by atoms with Gasteiger partial charge in [-0.1, -0.05) is 28.9 Å². The van der Waals surface area contributed by atoms with Crippen LogP contribution in [0.4, 0.5) is 0 Å². The van der Waals surface area contributed by atoms with Gasteiger partial charge in [-0.2, -0.15) is 4.98 Å². The standard InChI is InChI=1S/C18H12ClN5O2/c19-15-3-1-2-13(6-15)17-22-18(26-23-17)14-4-5-16(25)24(10-14)9-12-7-20-11-21-8-12/h1-8,10-11H,9H2. The fraction of sp³-hybridized carbons (Fsp3) is 0.0556. The summed E-state index contributed by atoms with van der Waals surface area (Å²) in [6.45, 7) is 0.350. The third kappa shape index (κ3) is 3.38. The third-order valence-electron chi connectivity index (χ3n) is 3.71. The summed E-state index contributed by atoms with van der Waals surface area (Å²) in [7, 11) is 0. The van der Waals surface area contributed by atoms with E-state index in [1.165, 1.54) is 17.0 Å². The molecule has 1 aromatic carbocycles. The maximum atomic E-state index is 12.1. The van der Waals surface area contributed by atoms with E-state index in [0.717, 1.165) is 11.1 Å². The predicted octanol–water partition coefficient (Wildman–Crippen LogP) is 3.06. The Bertz CT molecular complexity index is 1110. The minimum atomic E-state index is -0.146. The second-order valence-corrected chi connectivity index (χ2v) is 6.00. The van der Waals surface area contributed by atoms with Crippen molar-refractivity contribution in [3.63, 3.8) is 0 Å². The molecule has 0 bridgehead atoms. The van der Waals surface area contributed by atoms with Crippen LogP contribution in [-0.2, 0) is 6.54 Å². The Balaban J connectivity index is 1.66. The monoisotopic (exact) mass is 365 g/mol. The van der Waals surface area contributed by atoms with Crippen LogP contribution in [0.3, 0.4) is 0 Å². The molecule has 128 valence electrons. The summed E-state index contributed by atoms with van der Waals surface area (Å²) in [6.07, 6.45) is 6.44. The van der Waals surface area contributed by atoms with Gasteiger partial charge in [-0.15, -0.1) is 0 Å². The highest BCUT2D eigenvalue weighted by atomic mass is 35.5. The highest BCUT2D eigenvalue weighted by Gasteiger charge is 2.12. The lowest BCUT2D eigenvalue weighted by atomic mass is 10.2. The molecule has 4 aromatic rings. The number of pyridine rings is 1. The molecule has 8 heteroatoms. The van der Waals surface area contributed by atoms with Crippen molar-refractivity contribution in [2.45, 2.75) is 6.54 Å². The van der Waals surface area contributed by atoms with Crippen LogP contribution in [0.5, 0.6) is 0 Å². The number of halogens is 1. The van der Waals surface area contributed by atoms with Gasteiger partial charge in [0.05, 0.1) is 12.1 Å². The maximum absolute atomic E-state index is 12.1. The van der Waals surface area contributed by atoms with Gasteiger partial charge in [-0.25, -0.2) is 9.97 Å². The molecule has 0 aliphatic heterocycles. The maximum Gasteiger partial charge on any atom is 0.259 e. The first-order valence-corrected chi connectivity index (χ1v) is 8.11. The average Bonchev–Trinajstić information content (AvgIpc) is 3.15. The second kappa shape index (κ2) is 6.89. The first kappa shape index (κ1) is 16.2. The minimum absolute atomic E-state index is 0.146. The summed E-state index contributed by atoms with van der Waals surface area (Å²) < 4.78 is 6.88. The molecule has 0 aliphatic rings. The van der Waals surface area contributed by atoms with Crippen LogP contribution in [0.1, 0.15) is 5.56 Å². The Morgan fingerprint density at radius 3 is 2.73 bits per heavy atom. The highest BCUT2D eigenvalue weighted by Crippen LogP contribution is 2.23. The van der Waals surface area contributed by atoms with E-state index in [1.54, 1.807) is 36.8 Å². The molecule has 4 rings (SSSR count). The molecule has 0 saturated carbocycles. The van der Waals surface area contributed by atoms with E-state index < -0.39 is 0 Å². The molecule has 7 nitrogen and oxygen atoms in total. The van der Waals surface area contributed by atoms with Gasteiger partial charge >= 0.3 is 0 Å². The van der Waals surface area contributed by atoms with Gasteiger partial charge in [0, 0.05) is 40.8 Å². The number of rotatable bonds is 4. The fourth-order valence-electron chi connectivity index (χ4n) is 2.48. The Hall–Kier alpha value is -3.32. The van der Waals surface area contributed by atoms with Gasteiger partial charge in [0.25, 0.3) is 11.4 Å². The molecule has 0 unspecified atom stereocenters. The van der Waals surface area contributed by atoms with Crippen LogP contribution >= 0.6 is 11.6 Å². The van der Waals surface area contributed by atoms with Crippen LogP contribution < -0.4 is 5.56 Å². The molecule has 0 amide bonds. The molecule has 0 spiro atoms. The molecular formula is C18H12ClN5O2. The SMILES string of the molecule is O=c1ccc(-c2nc(-c3cccc(Cl)c3)no2)cn1Cc1cncnc1. The summed E-state index contributed by atoms with van der Waals surface area (Å²) in [5, 5.41) is 4.58. The van der Waals surface area contributed by atoms with Crippen molar-refractivity contribution in [3.8, 4) is 22.8 Å². The first-order valence-electron chi connectivity index (χ1n) is 7.73. The number of hydrogen-bond donors (Lipinski definition) is 0. The van der Waals surface area contributed by atoms with Crippen LogP contribution in [0.2, 0.25) is 5.02 Å². The average molecular weight is 366 g/mol. The minimum Gasteiger partial charge on any atom is -0.334 e. The summed E-state index contributed by atoms with van der Waals surface area (Å²) in [4.78, 5) is 24.4. The van der Waals surface area contributed by atoms with Crippen molar-refractivity contribution in [1.82, 2.24) is 24.7 Å². The zero-order valence-electron chi connectivity index (χ0n) is 13.4. The molecule has 3 aromatic heterocycles. The fourth-order valence-corrected chi connectivity index (χ4v) is 2.67. The van der Waals surface area contributed by atoms with Crippen LogP contribution in [-0.4, -0.2) is 24.7 Å². The van der Waals surface area contributed by atoms with Crippen molar-refractivity contribution in [1.29, 1.82) is 0 Å². The second-order valence-electron chi connectivity index (χ2n) is 5.56. The van der Waals surface area contributed by atoms with Gasteiger partial charge in [-0.3, -0.25) is 4.79 Å². The van der Waals surface area contributed by atoms with E-state index in [9.17, 15) is 4.79 Å². The zero-order valence-corrected chi connectivity index (χ0v) is 14.2. The Kier molecular flexibility index (Phi) is 4.28. The van der Waals surface area contributed by atoms with E-state index in [0.29, 0.717) is 28.8 Å². The number of aromatic nitrogens is 5. The molecule has 0 aliphatic carbocycles. The number of benzene rings is 1. The van der Waals surface area contributed by atoms with Gasteiger partial charge in [0.2, 0.25) is 5.82 Å². The Morgan fingerprint density at radius 1 is 1.08 bits per heavy atom. The summed E-state index contributed by atoms with van der Waals surface area (Å²) in [6, 6.07) is 10.3. The molecular weight excluding hydrogens is 354 g/mol. The zero-order chi connectivity index (χ0) is 17.9. The molecule has 0 radical (unpaired) electrons. The molecule has 0 saturated heterocycles. The first-order chi connectivity index (χ1) is 12.7. The molecule has 0 fully saturated rings. The van der Waals surface area contributed by atoms with Gasteiger partial charge in [0.1, 0.15) is 6.33 Å². The molecule has 0 N–H and O–H groups in total. The van der Waals surface area contributed by atoms with E-state index in [4.69, 9.17) is 16.1 Å². The number of nitrogens with zero attached hydrogens (tertiary/aromatic N) is 5. The van der Waals surface area contributed by atoms with Gasteiger partial charge < -0.3 is 9.09 Å². The smallest absolute Gasteiger partial charge is 0.259 e. The number of hydrogen-bond acceptors (Lipinski definition) is 6. The van der Waals surface area contributed by atoms with Gasteiger partial charge in [0.15, 0.2) is 0 Å². The lowest BCUT2D eigenvalue weighted by Crippen LogP contribution is -2.19. The Labute approximate surface area is 152 Å². The highest BCUT2D eigenvalue weighted by molar-refractivity contribution is 6.30.